The summed E-state index contributed by atoms with van der Waals surface area (Å²) in [4.78, 5) is 4.49. The van der Waals surface area contributed by atoms with Crippen LogP contribution >= 0.6 is 0 Å². The van der Waals surface area contributed by atoms with Gasteiger partial charge in [-0.2, -0.15) is 0 Å². The smallest absolute Gasteiger partial charge is 0.223 e. The standard InChI is InChI=1S/C12H20N2O2/c1-13-7-4-5-10-9-16-12(14-10)11-6-2-3-8-15-11/h9,11,13H,2-8H2,1H3. The first-order chi connectivity index (χ1) is 7.90. The van der Waals surface area contributed by atoms with Gasteiger partial charge in [-0.05, 0) is 45.7 Å². The number of rotatable bonds is 5. The molecule has 0 aliphatic carbocycles. The van der Waals surface area contributed by atoms with Gasteiger partial charge in [0.1, 0.15) is 12.4 Å². The summed E-state index contributed by atoms with van der Waals surface area (Å²) in [6.45, 7) is 1.85. The highest BCUT2D eigenvalue weighted by molar-refractivity contribution is 4.99. The third-order valence-electron chi connectivity index (χ3n) is 2.88. The van der Waals surface area contributed by atoms with Crippen molar-refractivity contribution in [2.75, 3.05) is 20.2 Å². The van der Waals surface area contributed by atoms with Crippen LogP contribution in [-0.2, 0) is 11.2 Å². The lowest BCUT2D eigenvalue weighted by molar-refractivity contribution is -0.00149. The topological polar surface area (TPSA) is 47.3 Å². The van der Waals surface area contributed by atoms with Crippen molar-refractivity contribution in [3.63, 3.8) is 0 Å². The maximum absolute atomic E-state index is 5.63. The summed E-state index contributed by atoms with van der Waals surface area (Å²) >= 11 is 0. The molecule has 1 aliphatic heterocycles. The second kappa shape index (κ2) is 6.01. The Bertz CT molecular complexity index is 306. The van der Waals surface area contributed by atoms with E-state index in [1.165, 1.54) is 6.42 Å². The fraction of sp³-hybridized carbons (Fsp3) is 0.750. The normalized spacial score (nSPS) is 21.2. The van der Waals surface area contributed by atoms with Gasteiger partial charge in [0.2, 0.25) is 5.89 Å². The first-order valence-corrected chi connectivity index (χ1v) is 6.10. The molecular weight excluding hydrogens is 204 g/mol. The molecule has 2 rings (SSSR count). The van der Waals surface area contributed by atoms with Crippen molar-refractivity contribution in [1.82, 2.24) is 10.3 Å². The summed E-state index contributed by atoms with van der Waals surface area (Å²) in [5, 5.41) is 3.13. The van der Waals surface area contributed by atoms with Crippen LogP contribution in [0.2, 0.25) is 0 Å². The van der Waals surface area contributed by atoms with Gasteiger partial charge < -0.3 is 14.5 Å². The van der Waals surface area contributed by atoms with E-state index in [9.17, 15) is 0 Å². The number of hydrogen-bond donors (Lipinski definition) is 1. The van der Waals surface area contributed by atoms with Gasteiger partial charge in [0.15, 0.2) is 0 Å². The number of nitrogens with zero attached hydrogens (tertiary/aromatic N) is 1. The summed E-state index contributed by atoms with van der Waals surface area (Å²) in [5.41, 5.74) is 1.04. The van der Waals surface area contributed by atoms with Gasteiger partial charge in [0, 0.05) is 6.61 Å². The largest absolute Gasteiger partial charge is 0.446 e. The summed E-state index contributed by atoms with van der Waals surface area (Å²) < 4.78 is 11.1. The molecule has 0 amide bonds. The van der Waals surface area contributed by atoms with Crippen LogP contribution in [0.15, 0.2) is 10.7 Å². The Labute approximate surface area is 96.4 Å². The highest BCUT2D eigenvalue weighted by atomic mass is 16.5. The first-order valence-electron chi connectivity index (χ1n) is 6.10. The van der Waals surface area contributed by atoms with E-state index in [2.05, 4.69) is 10.3 Å². The SMILES string of the molecule is CNCCCc1coc(C2CCCCO2)n1. The molecule has 4 heteroatoms. The molecule has 1 saturated heterocycles. The molecule has 1 unspecified atom stereocenters. The Balaban J connectivity index is 1.85. The van der Waals surface area contributed by atoms with E-state index in [1.807, 2.05) is 7.05 Å². The molecule has 90 valence electrons. The van der Waals surface area contributed by atoms with E-state index < -0.39 is 0 Å². The first kappa shape index (κ1) is 11.6. The number of hydrogen-bond acceptors (Lipinski definition) is 4. The molecule has 1 atom stereocenters. The maximum atomic E-state index is 5.63. The Morgan fingerprint density at radius 3 is 3.19 bits per heavy atom. The third kappa shape index (κ3) is 3.06. The molecule has 0 radical (unpaired) electrons. The number of nitrogens with one attached hydrogen (secondary N) is 1. The quantitative estimate of drug-likeness (QED) is 0.778. The lowest BCUT2D eigenvalue weighted by atomic mass is 10.1. The number of aryl methyl sites for hydroxylation is 1. The average Bonchev–Trinajstić information content (AvgIpc) is 2.79. The predicted octanol–water partition coefficient (Wildman–Crippen LogP) is 2.07. The number of ether oxygens (including phenoxy) is 1. The summed E-state index contributed by atoms with van der Waals surface area (Å²) in [6, 6.07) is 0. The molecule has 1 aliphatic rings. The predicted molar refractivity (Wildman–Crippen MR) is 61.3 cm³/mol. The second-order valence-corrected chi connectivity index (χ2v) is 4.24. The van der Waals surface area contributed by atoms with Gasteiger partial charge in [-0.1, -0.05) is 0 Å². The van der Waals surface area contributed by atoms with Crippen molar-refractivity contribution >= 4 is 0 Å². The lowest BCUT2D eigenvalue weighted by Gasteiger charge is -2.19. The second-order valence-electron chi connectivity index (χ2n) is 4.24. The molecule has 1 fully saturated rings. The van der Waals surface area contributed by atoms with E-state index in [1.54, 1.807) is 6.26 Å². The zero-order valence-electron chi connectivity index (χ0n) is 9.87. The van der Waals surface area contributed by atoms with E-state index >= 15 is 0 Å². The minimum Gasteiger partial charge on any atom is -0.446 e. The summed E-state index contributed by atoms with van der Waals surface area (Å²) in [6.07, 6.45) is 7.32. The number of oxazole rings is 1. The highest BCUT2D eigenvalue weighted by Gasteiger charge is 2.20. The number of aromatic nitrogens is 1. The van der Waals surface area contributed by atoms with Gasteiger partial charge in [-0.3, -0.25) is 0 Å². The molecule has 0 aromatic carbocycles. The van der Waals surface area contributed by atoms with Crippen LogP contribution in [0.1, 0.15) is 43.4 Å². The molecular formula is C12H20N2O2. The summed E-state index contributed by atoms with van der Waals surface area (Å²) in [5.74, 6) is 0.763. The van der Waals surface area contributed by atoms with Crippen molar-refractivity contribution in [3.8, 4) is 0 Å². The van der Waals surface area contributed by atoms with Gasteiger partial charge in [-0.25, -0.2) is 4.98 Å². The maximum Gasteiger partial charge on any atom is 0.223 e. The Kier molecular flexibility index (Phi) is 4.36. The van der Waals surface area contributed by atoms with Gasteiger partial charge in [0.05, 0.1) is 5.69 Å². The fourth-order valence-corrected chi connectivity index (χ4v) is 1.97. The molecule has 0 saturated carbocycles. The molecule has 4 nitrogen and oxygen atoms in total. The molecule has 1 N–H and O–H groups in total. The Morgan fingerprint density at radius 1 is 1.50 bits per heavy atom. The highest BCUT2D eigenvalue weighted by Crippen LogP contribution is 2.27. The van der Waals surface area contributed by atoms with Gasteiger partial charge in [-0.15, -0.1) is 0 Å². The third-order valence-corrected chi connectivity index (χ3v) is 2.88. The molecule has 0 spiro atoms. The minimum atomic E-state index is 0.0896. The van der Waals surface area contributed by atoms with Crippen LogP contribution in [-0.4, -0.2) is 25.2 Å². The zero-order chi connectivity index (χ0) is 11.2. The molecule has 0 bridgehead atoms. The molecule has 2 heterocycles. The van der Waals surface area contributed by atoms with Crippen LogP contribution < -0.4 is 5.32 Å². The monoisotopic (exact) mass is 224 g/mol. The Hall–Kier alpha value is -0.870. The van der Waals surface area contributed by atoms with Crippen molar-refractivity contribution in [3.05, 3.63) is 17.8 Å². The van der Waals surface area contributed by atoms with E-state index in [-0.39, 0.29) is 6.10 Å². The minimum absolute atomic E-state index is 0.0896. The Morgan fingerprint density at radius 2 is 2.44 bits per heavy atom. The van der Waals surface area contributed by atoms with Crippen LogP contribution in [0.3, 0.4) is 0 Å². The van der Waals surface area contributed by atoms with Crippen LogP contribution in [0.5, 0.6) is 0 Å². The molecule has 1 aromatic rings. The molecule has 1 aromatic heterocycles. The van der Waals surface area contributed by atoms with E-state index in [4.69, 9.17) is 9.15 Å². The van der Waals surface area contributed by atoms with Gasteiger partial charge >= 0.3 is 0 Å². The molecule has 16 heavy (non-hydrogen) atoms. The zero-order valence-corrected chi connectivity index (χ0v) is 9.87. The fourth-order valence-electron chi connectivity index (χ4n) is 1.97. The van der Waals surface area contributed by atoms with Crippen LogP contribution in [0.25, 0.3) is 0 Å². The van der Waals surface area contributed by atoms with Crippen molar-refractivity contribution in [2.45, 2.75) is 38.2 Å². The van der Waals surface area contributed by atoms with Crippen LogP contribution in [0.4, 0.5) is 0 Å². The van der Waals surface area contributed by atoms with Gasteiger partial charge in [0.25, 0.3) is 0 Å². The lowest BCUT2D eigenvalue weighted by Crippen LogP contribution is -2.12. The average molecular weight is 224 g/mol. The van der Waals surface area contributed by atoms with E-state index in [0.717, 1.165) is 50.4 Å². The van der Waals surface area contributed by atoms with Crippen molar-refractivity contribution < 1.29 is 9.15 Å². The van der Waals surface area contributed by atoms with Crippen LogP contribution in [0, 0.1) is 0 Å². The van der Waals surface area contributed by atoms with E-state index in [0.29, 0.717) is 0 Å². The summed E-state index contributed by atoms with van der Waals surface area (Å²) in [7, 11) is 1.96. The van der Waals surface area contributed by atoms with Crippen molar-refractivity contribution in [2.24, 2.45) is 0 Å². The van der Waals surface area contributed by atoms with Crippen molar-refractivity contribution in [1.29, 1.82) is 0 Å².